The van der Waals surface area contributed by atoms with Crippen molar-refractivity contribution < 1.29 is 19.1 Å². The van der Waals surface area contributed by atoms with Crippen molar-refractivity contribution in [2.75, 3.05) is 11.1 Å². The molecular weight excluding hydrogens is 343 g/mol. The third-order valence-electron chi connectivity index (χ3n) is 2.72. The van der Waals surface area contributed by atoms with Gasteiger partial charge in [-0.3, -0.25) is 4.79 Å². The predicted octanol–water partition coefficient (Wildman–Crippen LogP) is 3.12. The van der Waals surface area contributed by atoms with Crippen molar-refractivity contribution in [3.8, 4) is 0 Å². The number of carbonyl (C=O) groups is 2. The van der Waals surface area contributed by atoms with Gasteiger partial charge in [-0.1, -0.05) is 0 Å². The highest BCUT2D eigenvalue weighted by Gasteiger charge is 2.13. The molecular formula is C14H10BrFN2O3. The van der Waals surface area contributed by atoms with Gasteiger partial charge in [0.25, 0.3) is 5.91 Å². The molecule has 0 fully saturated rings. The van der Waals surface area contributed by atoms with Gasteiger partial charge in [-0.05, 0) is 52.3 Å². The second-order valence-corrected chi connectivity index (χ2v) is 5.04. The van der Waals surface area contributed by atoms with Crippen molar-refractivity contribution in [2.24, 2.45) is 0 Å². The molecule has 0 radical (unpaired) electrons. The summed E-state index contributed by atoms with van der Waals surface area (Å²) in [6, 6.07) is 7.64. The summed E-state index contributed by atoms with van der Waals surface area (Å²) in [4.78, 5) is 22.9. The number of aromatic carboxylic acids is 1. The van der Waals surface area contributed by atoms with Gasteiger partial charge < -0.3 is 16.2 Å². The van der Waals surface area contributed by atoms with Crippen molar-refractivity contribution in [3.05, 3.63) is 57.8 Å². The second-order valence-electron chi connectivity index (χ2n) is 4.19. The van der Waals surface area contributed by atoms with Crippen LogP contribution >= 0.6 is 15.9 Å². The van der Waals surface area contributed by atoms with Gasteiger partial charge in [-0.2, -0.15) is 0 Å². The third kappa shape index (κ3) is 3.38. The van der Waals surface area contributed by atoms with E-state index in [-0.39, 0.29) is 22.5 Å². The van der Waals surface area contributed by atoms with Crippen LogP contribution in [-0.2, 0) is 0 Å². The van der Waals surface area contributed by atoms with Crippen LogP contribution in [0.25, 0.3) is 0 Å². The van der Waals surface area contributed by atoms with Gasteiger partial charge in [0, 0.05) is 4.47 Å². The molecule has 0 aromatic heterocycles. The van der Waals surface area contributed by atoms with Gasteiger partial charge in [-0.15, -0.1) is 0 Å². The summed E-state index contributed by atoms with van der Waals surface area (Å²) in [6.07, 6.45) is 0. The number of carboxylic acids is 1. The summed E-state index contributed by atoms with van der Waals surface area (Å²) >= 11 is 3.10. The first-order valence-corrected chi connectivity index (χ1v) is 6.57. The normalized spacial score (nSPS) is 10.2. The molecule has 2 aromatic carbocycles. The third-order valence-corrected chi connectivity index (χ3v) is 3.38. The highest BCUT2D eigenvalue weighted by Crippen LogP contribution is 2.23. The fourth-order valence-electron chi connectivity index (χ4n) is 1.67. The fraction of sp³-hybridized carbons (Fsp3) is 0. The number of carbonyl (C=O) groups excluding carboxylic acids is 1. The summed E-state index contributed by atoms with van der Waals surface area (Å²) in [5.74, 6) is -2.07. The number of amides is 1. The molecule has 2 rings (SSSR count). The molecule has 0 aliphatic heterocycles. The number of halogens is 2. The zero-order chi connectivity index (χ0) is 15.6. The topological polar surface area (TPSA) is 92.4 Å². The van der Waals surface area contributed by atoms with E-state index in [1.165, 1.54) is 30.3 Å². The van der Waals surface area contributed by atoms with Crippen LogP contribution in [-0.4, -0.2) is 17.0 Å². The van der Waals surface area contributed by atoms with Crippen LogP contribution in [0.2, 0.25) is 0 Å². The van der Waals surface area contributed by atoms with Crippen molar-refractivity contribution >= 4 is 39.2 Å². The van der Waals surface area contributed by atoms with E-state index in [2.05, 4.69) is 21.2 Å². The number of benzene rings is 2. The van der Waals surface area contributed by atoms with Crippen LogP contribution in [0.15, 0.2) is 40.9 Å². The van der Waals surface area contributed by atoms with Gasteiger partial charge in [-0.25, -0.2) is 9.18 Å². The van der Waals surface area contributed by atoms with Gasteiger partial charge >= 0.3 is 5.97 Å². The second kappa shape index (κ2) is 5.92. The van der Waals surface area contributed by atoms with E-state index < -0.39 is 17.7 Å². The van der Waals surface area contributed by atoms with E-state index in [1.54, 1.807) is 0 Å². The Morgan fingerprint density at radius 2 is 1.90 bits per heavy atom. The molecule has 21 heavy (non-hydrogen) atoms. The van der Waals surface area contributed by atoms with Gasteiger partial charge in [0.05, 0.1) is 22.5 Å². The van der Waals surface area contributed by atoms with Crippen LogP contribution in [0.4, 0.5) is 15.8 Å². The smallest absolute Gasteiger partial charge is 0.335 e. The zero-order valence-corrected chi connectivity index (χ0v) is 12.1. The lowest BCUT2D eigenvalue weighted by Gasteiger charge is -2.10. The molecule has 0 atom stereocenters. The Bertz CT molecular complexity index is 734. The van der Waals surface area contributed by atoms with E-state index >= 15 is 0 Å². The lowest BCUT2D eigenvalue weighted by Crippen LogP contribution is -2.14. The SMILES string of the molecule is Nc1cc(C(=O)O)ccc1NC(=O)c1ccc(F)cc1Br. The molecule has 0 heterocycles. The average molecular weight is 353 g/mol. The first-order valence-electron chi connectivity index (χ1n) is 5.77. The summed E-state index contributed by atoms with van der Waals surface area (Å²) in [6.45, 7) is 0. The van der Waals surface area contributed by atoms with E-state index in [1.807, 2.05) is 0 Å². The molecule has 2 aromatic rings. The molecule has 0 unspecified atom stereocenters. The van der Waals surface area contributed by atoms with Crippen molar-refractivity contribution in [1.82, 2.24) is 0 Å². The minimum atomic E-state index is -1.11. The summed E-state index contributed by atoms with van der Waals surface area (Å²) < 4.78 is 13.3. The number of carboxylic acid groups (broad SMARTS) is 1. The number of nitrogen functional groups attached to an aromatic ring is 1. The van der Waals surface area contributed by atoms with Crippen LogP contribution in [0.1, 0.15) is 20.7 Å². The number of hydrogen-bond acceptors (Lipinski definition) is 3. The van der Waals surface area contributed by atoms with Crippen LogP contribution in [0.5, 0.6) is 0 Å². The first-order chi connectivity index (χ1) is 9.88. The molecule has 1 amide bonds. The average Bonchev–Trinajstić information content (AvgIpc) is 2.40. The van der Waals surface area contributed by atoms with E-state index in [9.17, 15) is 14.0 Å². The molecule has 0 bridgehead atoms. The Labute approximate surface area is 127 Å². The van der Waals surface area contributed by atoms with Crippen molar-refractivity contribution in [3.63, 3.8) is 0 Å². The first kappa shape index (κ1) is 15.0. The zero-order valence-electron chi connectivity index (χ0n) is 10.6. The fourth-order valence-corrected chi connectivity index (χ4v) is 2.20. The standard InChI is InChI=1S/C14H10BrFN2O3/c15-10-6-8(16)2-3-9(10)13(19)18-12-4-1-7(14(20)21)5-11(12)17/h1-6H,17H2,(H,18,19)(H,20,21). The molecule has 108 valence electrons. The van der Waals surface area contributed by atoms with Crippen LogP contribution in [0.3, 0.4) is 0 Å². The Morgan fingerprint density at radius 3 is 2.48 bits per heavy atom. The molecule has 0 aliphatic carbocycles. The quantitative estimate of drug-likeness (QED) is 0.740. The lowest BCUT2D eigenvalue weighted by molar-refractivity contribution is 0.0697. The monoisotopic (exact) mass is 352 g/mol. The molecule has 7 heteroatoms. The summed E-state index contributed by atoms with van der Waals surface area (Å²) in [5.41, 5.74) is 6.36. The number of nitrogens with one attached hydrogen (secondary N) is 1. The molecule has 5 nitrogen and oxygen atoms in total. The molecule has 0 saturated carbocycles. The Hall–Kier alpha value is -2.41. The summed E-state index contributed by atoms with van der Waals surface area (Å²) in [5, 5.41) is 11.4. The number of nitrogens with two attached hydrogens (primary N) is 1. The van der Waals surface area contributed by atoms with E-state index in [4.69, 9.17) is 10.8 Å². The van der Waals surface area contributed by atoms with Crippen LogP contribution in [0, 0.1) is 5.82 Å². The predicted molar refractivity (Wildman–Crippen MR) is 79.9 cm³/mol. The molecule has 0 spiro atoms. The minimum absolute atomic E-state index is 0.0217. The Morgan fingerprint density at radius 1 is 1.19 bits per heavy atom. The largest absolute Gasteiger partial charge is 0.478 e. The number of anilines is 2. The highest BCUT2D eigenvalue weighted by molar-refractivity contribution is 9.10. The maximum atomic E-state index is 13.0. The summed E-state index contributed by atoms with van der Waals surface area (Å²) in [7, 11) is 0. The van der Waals surface area contributed by atoms with Gasteiger partial charge in [0.15, 0.2) is 0 Å². The molecule has 0 saturated heterocycles. The Kier molecular flexibility index (Phi) is 4.23. The van der Waals surface area contributed by atoms with Gasteiger partial charge in [0.2, 0.25) is 0 Å². The number of rotatable bonds is 3. The lowest BCUT2D eigenvalue weighted by atomic mass is 10.1. The number of hydrogen-bond donors (Lipinski definition) is 3. The maximum absolute atomic E-state index is 13.0. The van der Waals surface area contributed by atoms with E-state index in [0.29, 0.717) is 4.47 Å². The van der Waals surface area contributed by atoms with Gasteiger partial charge in [0.1, 0.15) is 5.82 Å². The Balaban J connectivity index is 2.25. The maximum Gasteiger partial charge on any atom is 0.335 e. The van der Waals surface area contributed by atoms with Crippen molar-refractivity contribution in [1.29, 1.82) is 0 Å². The van der Waals surface area contributed by atoms with Crippen LogP contribution < -0.4 is 11.1 Å². The highest BCUT2D eigenvalue weighted by atomic mass is 79.9. The van der Waals surface area contributed by atoms with Crippen molar-refractivity contribution in [2.45, 2.75) is 0 Å². The molecule has 4 N–H and O–H groups in total. The minimum Gasteiger partial charge on any atom is -0.478 e. The molecule has 0 aliphatic rings. The van der Waals surface area contributed by atoms with E-state index in [0.717, 1.165) is 6.07 Å².